The number of hydrogen-bond acceptors (Lipinski definition) is 3. The molecule has 3 aromatic rings. The van der Waals surface area contributed by atoms with Gasteiger partial charge in [0.2, 0.25) is 0 Å². The molecule has 7 heteroatoms. The van der Waals surface area contributed by atoms with Gasteiger partial charge >= 0.3 is 0 Å². The van der Waals surface area contributed by atoms with Crippen LogP contribution in [0.5, 0.6) is 0 Å². The normalized spacial score (nSPS) is 10.8. The summed E-state index contributed by atoms with van der Waals surface area (Å²) in [7, 11) is 1.80. The first-order valence-corrected chi connectivity index (χ1v) is 8.06. The summed E-state index contributed by atoms with van der Waals surface area (Å²) in [6.07, 6.45) is 0. The number of halogens is 2. The zero-order valence-corrected chi connectivity index (χ0v) is 14.7. The monoisotopic (exact) mass is 356 g/mol. The van der Waals surface area contributed by atoms with Gasteiger partial charge in [-0.1, -0.05) is 12.1 Å². The molecule has 26 heavy (non-hydrogen) atoms. The van der Waals surface area contributed by atoms with Crippen molar-refractivity contribution in [1.82, 2.24) is 20.1 Å². The van der Waals surface area contributed by atoms with Gasteiger partial charge in [-0.3, -0.25) is 4.79 Å². The van der Waals surface area contributed by atoms with Gasteiger partial charge in [-0.05, 0) is 49.2 Å². The van der Waals surface area contributed by atoms with Gasteiger partial charge in [-0.2, -0.15) is 0 Å². The number of carbonyl (C=O) groups excluding carboxylic acids is 1. The highest BCUT2D eigenvalue weighted by Gasteiger charge is 2.14. The number of rotatable bonds is 4. The van der Waals surface area contributed by atoms with Crippen LogP contribution in [-0.2, 0) is 13.6 Å². The summed E-state index contributed by atoms with van der Waals surface area (Å²) in [5.74, 6) is 0.0182. The molecule has 0 aliphatic heterocycles. The van der Waals surface area contributed by atoms with Gasteiger partial charge in [0.05, 0.1) is 6.54 Å². The molecule has 0 aliphatic carbocycles. The van der Waals surface area contributed by atoms with Crippen molar-refractivity contribution in [3.8, 4) is 11.1 Å². The first kappa shape index (κ1) is 17.7. The molecule has 0 unspecified atom stereocenters. The van der Waals surface area contributed by atoms with E-state index in [9.17, 15) is 13.6 Å². The molecular weight excluding hydrogens is 338 g/mol. The molecule has 1 heterocycles. The van der Waals surface area contributed by atoms with Gasteiger partial charge in [0.1, 0.15) is 17.5 Å². The van der Waals surface area contributed by atoms with Crippen molar-refractivity contribution >= 4 is 5.91 Å². The van der Waals surface area contributed by atoms with Crippen molar-refractivity contribution in [2.75, 3.05) is 0 Å². The zero-order chi connectivity index (χ0) is 18.8. The second kappa shape index (κ2) is 7.03. The topological polar surface area (TPSA) is 59.8 Å². The maximum atomic E-state index is 14.5. The largest absolute Gasteiger partial charge is 0.345 e. The Bertz CT molecular complexity index is 982. The van der Waals surface area contributed by atoms with Crippen LogP contribution in [0.15, 0.2) is 36.4 Å². The van der Waals surface area contributed by atoms with Gasteiger partial charge in [0.15, 0.2) is 5.82 Å². The second-order valence-electron chi connectivity index (χ2n) is 6.06. The summed E-state index contributed by atoms with van der Waals surface area (Å²) >= 11 is 0. The van der Waals surface area contributed by atoms with Crippen molar-refractivity contribution in [3.05, 3.63) is 70.8 Å². The highest BCUT2D eigenvalue weighted by Crippen LogP contribution is 2.27. The number of nitrogens with one attached hydrogen (secondary N) is 1. The van der Waals surface area contributed by atoms with Gasteiger partial charge in [0, 0.05) is 18.2 Å². The SMILES string of the molecule is Cc1cc(F)ccc1-c1ccc(C(=O)NCc2nnc(C)n2C)cc1F. The highest BCUT2D eigenvalue weighted by molar-refractivity contribution is 5.94. The second-order valence-corrected chi connectivity index (χ2v) is 6.06. The number of benzene rings is 2. The highest BCUT2D eigenvalue weighted by atomic mass is 19.1. The molecular formula is C19H18F2N4O. The fourth-order valence-electron chi connectivity index (χ4n) is 2.67. The minimum Gasteiger partial charge on any atom is -0.345 e. The van der Waals surface area contributed by atoms with Gasteiger partial charge < -0.3 is 9.88 Å². The van der Waals surface area contributed by atoms with Crippen LogP contribution in [0.2, 0.25) is 0 Å². The zero-order valence-electron chi connectivity index (χ0n) is 14.7. The Morgan fingerprint density at radius 2 is 1.81 bits per heavy atom. The molecule has 3 rings (SSSR count). The lowest BCUT2D eigenvalue weighted by Crippen LogP contribution is -2.24. The van der Waals surface area contributed by atoms with E-state index in [2.05, 4.69) is 15.5 Å². The number of nitrogens with zero attached hydrogens (tertiary/aromatic N) is 3. The van der Waals surface area contributed by atoms with E-state index in [1.807, 2.05) is 6.92 Å². The average Bonchev–Trinajstić information content (AvgIpc) is 2.92. The van der Waals surface area contributed by atoms with Crippen molar-refractivity contribution in [1.29, 1.82) is 0 Å². The Morgan fingerprint density at radius 1 is 1.08 bits per heavy atom. The van der Waals surface area contributed by atoms with E-state index in [1.165, 1.54) is 30.3 Å². The van der Waals surface area contributed by atoms with Crippen LogP contribution in [0.25, 0.3) is 11.1 Å². The summed E-state index contributed by atoms with van der Waals surface area (Å²) in [4.78, 5) is 12.3. The van der Waals surface area contributed by atoms with Crippen LogP contribution in [0.3, 0.4) is 0 Å². The summed E-state index contributed by atoms with van der Waals surface area (Å²) in [5.41, 5.74) is 1.73. The molecule has 134 valence electrons. The van der Waals surface area contributed by atoms with E-state index in [0.717, 1.165) is 5.82 Å². The van der Waals surface area contributed by atoms with E-state index in [0.29, 0.717) is 22.5 Å². The number of aromatic nitrogens is 3. The number of aryl methyl sites for hydroxylation is 2. The number of amides is 1. The predicted octanol–water partition coefficient (Wildman–Crippen LogP) is 3.31. The summed E-state index contributed by atoms with van der Waals surface area (Å²) in [5, 5.41) is 10.6. The third kappa shape index (κ3) is 3.46. The van der Waals surface area contributed by atoms with E-state index >= 15 is 0 Å². The van der Waals surface area contributed by atoms with E-state index in [-0.39, 0.29) is 17.9 Å². The Morgan fingerprint density at radius 3 is 2.42 bits per heavy atom. The minimum atomic E-state index is -0.540. The Hall–Kier alpha value is -3.09. The number of hydrogen-bond donors (Lipinski definition) is 1. The molecule has 1 amide bonds. The van der Waals surface area contributed by atoms with Gasteiger partial charge in [0.25, 0.3) is 5.91 Å². The van der Waals surface area contributed by atoms with E-state index < -0.39 is 11.7 Å². The van der Waals surface area contributed by atoms with Crippen LogP contribution in [0, 0.1) is 25.5 Å². The smallest absolute Gasteiger partial charge is 0.251 e. The molecule has 2 aromatic carbocycles. The molecule has 1 aromatic heterocycles. The number of carbonyl (C=O) groups is 1. The average molecular weight is 356 g/mol. The molecule has 1 N–H and O–H groups in total. The first-order valence-electron chi connectivity index (χ1n) is 8.06. The molecule has 5 nitrogen and oxygen atoms in total. The van der Waals surface area contributed by atoms with Crippen molar-refractivity contribution in [3.63, 3.8) is 0 Å². The molecule has 0 spiro atoms. The maximum absolute atomic E-state index is 14.5. The van der Waals surface area contributed by atoms with Crippen molar-refractivity contribution in [2.24, 2.45) is 7.05 Å². The quantitative estimate of drug-likeness (QED) is 0.780. The standard InChI is InChI=1S/C19H18F2N4O/c1-11-8-14(20)5-7-15(11)16-6-4-13(9-17(16)21)19(26)22-10-18-24-23-12(2)25(18)3/h4-9H,10H2,1-3H3,(H,22,26). The lowest BCUT2D eigenvalue weighted by atomic mass is 9.98. The molecule has 0 bridgehead atoms. The minimum absolute atomic E-state index is 0.191. The van der Waals surface area contributed by atoms with Crippen LogP contribution >= 0.6 is 0 Å². The fourth-order valence-corrected chi connectivity index (χ4v) is 2.67. The first-order chi connectivity index (χ1) is 12.4. The Labute approximate surface area is 149 Å². The van der Waals surface area contributed by atoms with Gasteiger partial charge in [-0.15, -0.1) is 10.2 Å². The lowest BCUT2D eigenvalue weighted by Gasteiger charge is -2.10. The summed E-state index contributed by atoms with van der Waals surface area (Å²) in [6, 6.07) is 8.40. The third-order valence-electron chi connectivity index (χ3n) is 4.30. The summed E-state index contributed by atoms with van der Waals surface area (Å²) < 4.78 is 29.5. The van der Waals surface area contributed by atoms with E-state index in [4.69, 9.17) is 0 Å². The maximum Gasteiger partial charge on any atom is 0.251 e. The summed E-state index contributed by atoms with van der Waals surface area (Å²) in [6.45, 7) is 3.71. The van der Waals surface area contributed by atoms with Crippen molar-refractivity contribution < 1.29 is 13.6 Å². The van der Waals surface area contributed by atoms with Gasteiger partial charge in [-0.25, -0.2) is 8.78 Å². The third-order valence-corrected chi connectivity index (χ3v) is 4.30. The Kier molecular flexibility index (Phi) is 4.79. The molecule has 0 fully saturated rings. The Balaban J connectivity index is 1.78. The van der Waals surface area contributed by atoms with Crippen LogP contribution in [0.4, 0.5) is 8.78 Å². The molecule has 0 radical (unpaired) electrons. The lowest BCUT2D eigenvalue weighted by molar-refractivity contribution is 0.0949. The predicted molar refractivity (Wildman–Crippen MR) is 93.4 cm³/mol. The fraction of sp³-hybridized carbons (Fsp3) is 0.211. The molecule has 0 aliphatic rings. The van der Waals surface area contributed by atoms with E-state index in [1.54, 1.807) is 24.6 Å². The molecule has 0 saturated heterocycles. The molecule has 0 saturated carbocycles. The van der Waals surface area contributed by atoms with Crippen LogP contribution in [0.1, 0.15) is 27.6 Å². The van der Waals surface area contributed by atoms with Crippen LogP contribution < -0.4 is 5.32 Å². The molecule has 0 atom stereocenters. The van der Waals surface area contributed by atoms with Crippen molar-refractivity contribution in [2.45, 2.75) is 20.4 Å². The van der Waals surface area contributed by atoms with Crippen LogP contribution in [-0.4, -0.2) is 20.7 Å².